The lowest BCUT2D eigenvalue weighted by Gasteiger charge is -2.13. The molecular weight excluding hydrogens is 448 g/mol. The third-order valence-corrected chi connectivity index (χ3v) is 6.23. The number of para-hydroxylation sites is 1. The minimum Gasteiger partial charge on any atom is -0.349 e. The van der Waals surface area contributed by atoms with Crippen LogP contribution in [0.25, 0.3) is 10.9 Å². The van der Waals surface area contributed by atoms with Crippen molar-refractivity contribution < 1.29 is 9.59 Å². The van der Waals surface area contributed by atoms with Crippen molar-refractivity contribution in [3.63, 3.8) is 0 Å². The van der Waals surface area contributed by atoms with E-state index in [2.05, 4.69) is 15.6 Å². The van der Waals surface area contributed by atoms with Gasteiger partial charge < -0.3 is 10.6 Å². The number of nitrogens with one attached hydrogen (secondary N) is 2. The van der Waals surface area contributed by atoms with E-state index in [-0.39, 0.29) is 29.2 Å². The molecule has 1 heterocycles. The predicted octanol–water partition coefficient (Wildman–Crippen LogP) is 4.08. The van der Waals surface area contributed by atoms with Crippen molar-refractivity contribution in [3.8, 4) is 0 Å². The Morgan fingerprint density at radius 1 is 1.22 bits per heavy atom. The van der Waals surface area contributed by atoms with Gasteiger partial charge in [0.05, 0.1) is 27.9 Å². The molecule has 0 aliphatic heterocycles. The summed E-state index contributed by atoms with van der Waals surface area (Å²) in [6.07, 6.45) is 2.73. The van der Waals surface area contributed by atoms with E-state index in [1.54, 1.807) is 47.0 Å². The molecule has 1 aromatic heterocycles. The zero-order valence-electron chi connectivity index (χ0n) is 17.6. The van der Waals surface area contributed by atoms with Gasteiger partial charge in [-0.05, 0) is 49.6 Å². The molecule has 166 valence electrons. The molecule has 0 radical (unpaired) electrons. The number of halogens is 1. The fourth-order valence-corrected chi connectivity index (χ4v) is 4.29. The number of thioether (sulfide) groups is 1. The van der Waals surface area contributed by atoms with Crippen LogP contribution in [0.3, 0.4) is 0 Å². The summed E-state index contributed by atoms with van der Waals surface area (Å²) in [7, 11) is 0. The van der Waals surface area contributed by atoms with Crippen LogP contribution in [0.4, 0.5) is 5.69 Å². The topological polar surface area (TPSA) is 93.1 Å². The van der Waals surface area contributed by atoms with Gasteiger partial charge in [0, 0.05) is 17.6 Å². The molecule has 7 nitrogen and oxygen atoms in total. The lowest BCUT2D eigenvalue weighted by Crippen LogP contribution is -2.27. The van der Waals surface area contributed by atoms with Crippen LogP contribution >= 0.6 is 23.4 Å². The lowest BCUT2D eigenvalue weighted by atomic mass is 10.1. The summed E-state index contributed by atoms with van der Waals surface area (Å²) in [4.78, 5) is 42.6. The molecule has 1 aliphatic rings. The average Bonchev–Trinajstić information content (AvgIpc) is 3.58. The number of hydrogen-bond acceptors (Lipinski definition) is 5. The second-order valence-electron chi connectivity index (χ2n) is 7.64. The van der Waals surface area contributed by atoms with Crippen LogP contribution in [0.15, 0.2) is 52.4 Å². The van der Waals surface area contributed by atoms with Crippen LogP contribution in [0.5, 0.6) is 0 Å². The van der Waals surface area contributed by atoms with E-state index in [0.29, 0.717) is 38.9 Å². The summed E-state index contributed by atoms with van der Waals surface area (Å²) in [5, 5.41) is 7.19. The molecular formula is C23H23ClN4O3S. The molecule has 4 rings (SSSR count). The third-order valence-electron chi connectivity index (χ3n) is 5.02. The molecule has 0 atom stereocenters. The van der Waals surface area contributed by atoms with Crippen LogP contribution in [-0.4, -0.2) is 33.2 Å². The number of benzene rings is 2. The number of nitrogens with zero attached hydrogens (tertiary/aromatic N) is 2. The highest BCUT2D eigenvalue weighted by Gasteiger charge is 2.25. The van der Waals surface area contributed by atoms with Crippen LogP contribution in [0.2, 0.25) is 5.02 Å². The Kier molecular flexibility index (Phi) is 6.81. The molecule has 2 amide bonds. The van der Waals surface area contributed by atoms with Crippen LogP contribution in [0, 0.1) is 0 Å². The molecule has 2 aromatic carbocycles. The highest BCUT2D eigenvalue weighted by Crippen LogP contribution is 2.23. The molecule has 3 aromatic rings. The number of anilines is 1. The highest BCUT2D eigenvalue weighted by molar-refractivity contribution is 7.99. The van der Waals surface area contributed by atoms with E-state index in [1.165, 1.54) is 11.8 Å². The first-order chi connectivity index (χ1) is 15.5. The maximum Gasteiger partial charge on any atom is 0.262 e. The van der Waals surface area contributed by atoms with Crippen molar-refractivity contribution in [1.82, 2.24) is 14.9 Å². The maximum atomic E-state index is 12.9. The van der Waals surface area contributed by atoms with E-state index >= 15 is 0 Å². The number of carbonyl (C=O) groups is 2. The first-order valence-corrected chi connectivity index (χ1v) is 11.8. The molecule has 1 aliphatic carbocycles. The van der Waals surface area contributed by atoms with Crippen molar-refractivity contribution >= 4 is 51.8 Å². The molecule has 1 fully saturated rings. The summed E-state index contributed by atoms with van der Waals surface area (Å²) in [5.74, 6) is -0.438. The molecule has 2 N–H and O–H groups in total. The summed E-state index contributed by atoms with van der Waals surface area (Å²) in [5.41, 5.74) is 1.23. The van der Waals surface area contributed by atoms with Crippen LogP contribution in [0.1, 0.15) is 36.5 Å². The Morgan fingerprint density at radius 3 is 2.75 bits per heavy atom. The molecule has 0 unspecified atom stereocenters. The number of hydrogen-bond donors (Lipinski definition) is 2. The van der Waals surface area contributed by atoms with Crippen molar-refractivity contribution in [2.45, 2.75) is 43.9 Å². The van der Waals surface area contributed by atoms with Crippen molar-refractivity contribution in [2.24, 2.45) is 0 Å². The Balaban J connectivity index is 1.51. The van der Waals surface area contributed by atoms with Gasteiger partial charge in [0.1, 0.15) is 0 Å². The summed E-state index contributed by atoms with van der Waals surface area (Å²) in [6, 6.07) is 12.1. The standard InChI is InChI=1S/C23H23ClN4O3S/c1-2-11-28-22(31)17-10-7-14(24)12-19(17)27-23(28)32-13-20(29)26-18-6-4-3-5-16(18)21(30)25-15-8-9-15/h3-7,10,12,15H,2,8-9,11,13H2,1H3,(H,25,30)(H,26,29). The van der Waals surface area contributed by atoms with Crippen molar-refractivity contribution in [2.75, 3.05) is 11.1 Å². The number of carbonyl (C=O) groups excluding carboxylic acids is 2. The van der Waals surface area contributed by atoms with Gasteiger partial charge in [-0.2, -0.15) is 0 Å². The molecule has 9 heteroatoms. The van der Waals surface area contributed by atoms with Gasteiger partial charge in [-0.25, -0.2) is 4.98 Å². The summed E-state index contributed by atoms with van der Waals surface area (Å²) < 4.78 is 1.59. The zero-order chi connectivity index (χ0) is 22.7. The predicted molar refractivity (Wildman–Crippen MR) is 128 cm³/mol. The van der Waals surface area contributed by atoms with Gasteiger partial charge in [0.25, 0.3) is 11.5 Å². The SMILES string of the molecule is CCCn1c(SCC(=O)Nc2ccccc2C(=O)NC2CC2)nc2cc(Cl)ccc2c1=O. The van der Waals surface area contributed by atoms with Gasteiger partial charge in [0.2, 0.25) is 5.91 Å². The second kappa shape index (κ2) is 9.75. The Bertz CT molecular complexity index is 1240. The minimum absolute atomic E-state index is 0.0425. The number of aromatic nitrogens is 2. The number of rotatable bonds is 8. The first kappa shape index (κ1) is 22.4. The molecule has 0 bridgehead atoms. The number of amides is 2. The van der Waals surface area contributed by atoms with Crippen LogP contribution < -0.4 is 16.2 Å². The fraction of sp³-hybridized carbons (Fsp3) is 0.304. The highest BCUT2D eigenvalue weighted by atomic mass is 35.5. The largest absolute Gasteiger partial charge is 0.349 e. The fourth-order valence-electron chi connectivity index (χ4n) is 3.30. The Morgan fingerprint density at radius 2 is 2.00 bits per heavy atom. The average molecular weight is 471 g/mol. The quantitative estimate of drug-likeness (QED) is 0.382. The van der Waals surface area contributed by atoms with E-state index in [4.69, 9.17) is 11.6 Å². The Hall–Kier alpha value is -2.84. The van der Waals surface area contributed by atoms with Gasteiger partial charge in [-0.1, -0.05) is 42.4 Å². The second-order valence-corrected chi connectivity index (χ2v) is 9.02. The smallest absolute Gasteiger partial charge is 0.262 e. The van der Waals surface area contributed by atoms with E-state index in [9.17, 15) is 14.4 Å². The van der Waals surface area contributed by atoms with Gasteiger partial charge in [-0.3, -0.25) is 19.0 Å². The van der Waals surface area contributed by atoms with Crippen molar-refractivity contribution in [1.29, 1.82) is 0 Å². The van der Waals surface area contributed by atoms with Crippen molar-refractivity contribution in [3.05, 3.63) is 63.4 Å². The minimum atomic E-state index is -0.287. The van der Waals surface area contributed by atoms with Gasteiger partial charge in [-0.15, -0.1) is 0 Å². The Labute approximate surface area is 194 Å². The molecule has 1 saturated carbocycles. The van der Waals surface area contributed by atoms with E-state index in [0.717, 1.165) is 19.3 Å². The number of fused-ring (bicyclic) bond motifs is 1. The monoisotopic (exact) mass is 470 g/mol. The molecule has 0 saturated heterocycles. The van der Waals surface area contributed by atoms with Crippen LogP contribution in [-0.2, 0) is 11.3 Å². The third kappa shape index (κ3) is 5.14. The normalized spacial score (nSPS) is 13.2. The maximum absolute atomic E-state index is 12.9. The first-order valence-electron chi connectivity index (χ1n) is 10.5. The summed E-state index contributed by atoms with van der Waals surface area (Å²) in [6.45, 7) is 2.47. The molecule has 32 heavy (non-hydrogen) atoms. The summed E-state index contributed by atoms with van der Waals surface area (Å²) >= 11 is 7.25. The molecule has 0 spiro atoms. The van der Waals surface area contributed by atoms with Gasteiger partial charge >= 0.3 is 0 Å². The van der Waals surface area contributed by atoms with E-state index in [1.807, 2.05) is 6.92 Å². The van der Waals surface area contributed by atoms with E-state index < -0.39 is 0 Å². The lowest BCUT2D eigenvalue weighted by molar-refractivity contribution is -0.113. The van der Waals surface area contributed by atoms with Gasteiger partial charge in [0.15, 0.2) is 5.16 Å². The zero-order valence-corrected chi connectivity index (χ0v) is 19.1.